The van der Waals surface area contributed by atoms with Crippen LogP contribution in [0.25, 0.3) is 0 Å². The number of nitrogens with zero attached hydrogens (tertiary/aromatic N) is 2. The maximum Gasteiger partial charge on any atom is 0.253 e. The van der Waals surface area contributed by atoms with Crippen LogP contribution in [0.4, 0.5) is 0 Å². The van der Waals surface area contributed by atoms with Gasteiger partial charge in [0.15, 0.2) is 0 Å². The van der Waals surface area contributed by atoms with Gasteiger partial charge in [0.05, 0.1) is 0 Å². The molecule has 8 heavy (non-hydrogen) atoms. The molecule has 1 rings (SSSR count). The number of rotatable bonds is 0. The Balaban J connectivity index is 3.05. The van der Waals surface area contributed by atoms with E-state index >= 15 is 0 Å². The van der Waals surface area contributed by atoms with Gasteiger partial charge >= 0.3 is 0 Å². The zero-order chi connectivity index (χ0) is 5.98. The fraction of sp³-hybridized carbons (Fsp3) is 0. The summed E-state index contributed by atoms with van der Waals surface area (Å²) in [4.78, 5) is 6.77. The second-order valence-electron chi connectivity index (χ2n) is 1.09. The molecule has 0 saturated heterocycles. The number of hydrogen-bond donors (Lipinski definition) is 1. The van der Waals surface area contributed by atoms with E-state index < -0.39 is 0 Å². The SMILES string of the molecule is O=S=C1N=CN=C1O. The van der Waals surface area contributed by atoms with Crippen molar-refractivity contribution in [2.45, 2.75) is 0 Å². The van der Waals surface area contributed by atoms with E-state index in [9.17, 15) is 4.21 Å². The van der Waals surface area contributed by atoms with Gasteiger partial charge in [-0.05, 0) is 0 Å². The first-order chi connectivity index (χ1) is 3.84. The van der Waals surface area contributed by atoms with E-state index in [4.69, 9.17) is 5.11 Å². The summed E-state index contributed by atoms with van der Waals surface area (Å²) in [5, 5.41) is 8.56. The largest absolute Gasteiger partial charge is 0.491 e. The maximum atomic E-state index is 9.87. The molecular formula is C3H2N2O2S. The summed E-state index contributed by atoms with van der Waals surface area (Å²) in [6.07, 6.45) is 1.13. The van der Waals surface area contributed by atoms with Crippen LogP contribution in [-0.4, -0.2) is 26.5 Å². The molecular weight excluding hydrogens is 128 g/mol. The van der Waals surface area contributed by atoms with E-state index in [0.29, 0.717) is 0 Å². The van der Waals surface area contributed by atoms with Crippen molar-refractivity contribution in [2.24, 2.45) is 9.98 Å². The lowest BCUT2D eigenvalue weighted by Gasteiger charge is -1.78. The summed E-state index contributed by atoms with van der Waals surface area (Å²) in [5.74, 6) is -0.287. The highest BCUT2D eigenvalue weighted by Crippen LogP contribution is 1.86. The van der Waals surface area contributed by atoms with Crippen LogP contribution in [0.5, 0.6) is 0 Å². The van der Waals surface area contributed by atoms with Gasteiger partial charge in [-0.15, -0.1) is 0 Å². The first-order valence-electron chi connectivity index (χ1n) is 1.81. The third-order valence-corrected chi connectivity index (χ3v) is 1.07. The van der Waals surface area contributed by atoms with Gasteiger partial charge in [0.25, 0.3) is 5.90 Å². The summed E-state index contributed by atoms with van der Waals surface area (Å²) in [5.41, 5.74) is 0. The zero-order valence-corrected chi connectivity index (χ0v) is 4.55. The van der Waals surface area contributed by atoms with Gasteiger partial charge in [0.1, 0.15) is 17.6 Å². The van der Waals surface area contributed by atoms with Crippen LogP contribution in [0, 0.1) is 0 Å². The molecule has 1 aliphatic heterocycles. The first-order valence-corrected chi connectivity index (χ1v) is 2.55. The van der Waals surface area contributed by atoms with Gasteiger partial charge in [0.2, 0.25) is 4.99 Å². The lowest BCUT2D eigenvalue weighted by Crippen LogP contribution is -2.04. The molecule has 0 fully saturated rings. The van der Waals surface area contributed by atoms with Crippen LogP contribution in [0.3, 0.4) is 0 Å². The molecule has 5 heteroatoms. The summed E-state index contributed by atoms with van der Waals surface area (Å²) < 4.78 is 9.87. The lowest BCUT2D eigenvalue weighted by atomic mass is 10.7. The third kappa shape index (κ3) is 0.671. The summed E-state index contributed by atoms with van der Waals surface area (Å²) in [6, 6.07) is 0. The van der Waals surface area contributed by atoms with Crippen molar-refractivity contribution in [3.63, 3.8) is 0 Å². The number of aliphatic hydroxyl groups excluding tert-OH is 1. The van der Waals surface area contributed by atoms with E-state index in [1.54, 1.807) is 0 Å². The minimum Gasteiger partial charge on any atom is -0.491 e. The van der Waals surface area contributed by atoms with E-state index in [0.717, 1.165) is 6.34 Å². The van der Waals surface area contributed by atoms with Gasteiger partial charge in [-0.3, -0.25) is 0 Å². The number of aliphatic imine (C=N–C) groups is 2. The monoisotopic (exact) mass is 130 g/mol. The van der Waals surface area contributed by atoms with Crippen LogP contribution >= 0.6 is 0 Å². The van der Waals surface area contributed by atoms with Crippen molar-refractivity contribution in [2.75, 3.05) is 0 Å². The molecule has 4 nitrogen and oxygen atoms in total. The van der Waals surface area contributed by atoms with Crippen LogP contribution in [0.15, 0.2) is 9.98 Å². The normalized spacial score (nSPS) is 16.5. The number of aliphatic hydroxyl groups is 1. The summed E-state index contributed by atoms with van der Waals surface area (Å²) in [6.45, 7) is 0. The van der Waals surface area contributed by atoms with E-state index in [1.807, 2.05) is 0 Å². The topological polar surface area (TPSA) is 62.0 Å². The van der Waals surface area contributed by atoms with Crippen molar-refractivity contribution in [3.05, 3.63) is 0 Å². The predicted molar refractivity (Wildman–Crippen MR) is 31.7 cm³/mol. The molecule has 0 atom stereocenters. The van der Waals surface area contributed by atoms with Crippen molar-refractivity contribution in [1.82, 2.24) is 0 Å². The molecule has 1 aliphatic rings. The highest BCUT2D eigenvalue weighted by atomic mass is 32.1. The molecule has 0 spiro atoms. The Morgan fingerprint density at radius 1 is 1.75 bits per heavy atom. The summed E-state index contributed by atoms with van der Waals surface area (Å²) >= 11 is 0.128. The minimum absolute atomic E-state index is 0.0324. The van der Waals surface area contributed by atoms with Gasteiger partial charge < -0.3 is 5.11 Å². The van der Waals surface area contributed by atoms with Crippen molar-refractivity contribution >= 4 is 28.5 Å². The second kappa shape index (κ2) is 1.87. The quantitative estimate of drug-likeness (QED) is 0.442. The Labute approximate surface area is 48.7 Å². The van der Waals surface area contributed by atoms with Crippen LogP contribution < -0.4 is 0 Å². The minimum atomic E-state index is -0.287. The Morgan fingerprint density at radius 2 is 2.50 bits per heavy atom. The second-order valence-corrected chi connectivity index (χ2v) is 1.64. The molecule has 0 aromatic heterocycles. The lowest BCUT2D eigenvalue weighted by molar-refractivity contribution is 0.567. The van der Waals surface area contributed by atoms with Crippen LogP contribution in [0.2, 0.25) is 0 Å². The Morgan fingerprint density at radius 3 is 2.75 bits per heavy atom. The van der Waals surface area contributed by atoms with E-state index in [2.05, 4.69) is 9.98 Å². The molecule has 0 unspecified atom stereocenters. The third-order valence-electron chi connectivity index (χ3n) is 0.625. The molecule has 42 valence electrons. The molecule has 1 heterocycles. The van der Waals surface area contributed by atoms with Gasteiger partial charge in [-0.2, -0.15) is 4.99 Å². The standard InChI is InChI=1S/C3H2N2O2S/c6-2-3(8-7)5-1-4-2/h1H,(H,4,5,6). The van der Waals surface area contributed by atoms with E-state index in [-0.39, 0.29) is 22.1 Å². The van der Waals surface area contributed by atoms with Gasteiger partial charge in [-0.1, -0.05) is 0 Å². The highest BCUT2D eigenvalue weighted by molar-refractivity contribution is 7.68. The predicted octanol–water partition coefficient (Wildman–Crippen LogP) is -0.672. The summed E-state index contributed by atoms with van der Waals surface area (Å²) in [7, 11) is 0. The van der Waals surface area contributed by atoms with Crippen molar-refractivity contribution in [3.8, 4) is 0 Å². The van der Waals surface area contributed by atoms with Crippen molar-refractivity contribution in [1.29, 1.82) is 0 Å². The Hall–Kier alpha value is -0.970. The van der Waals surface area contributed by atoms with E-state index in [1.165, 1.54) is 0 Å². The molecule has 0 aromatic carbocycles. The molecule has 0 bridgehead atoms. The fourth-order valence-corrected chi connectivity index (χ4v) is 0.525. The zero-order valence-electron chi connectivity index (χ0n) is 3.74. The van der Waals surface area contributed by atoms with Crippen molar-refractivity contribution < 1.29 is 9.32 Å². The molecule has 0 aliphatic carbocycles. The molecule has 0 saturated carbocycles. The highest BCUT2D eigenvalue weighted by Gasteiger charge is 2.06. The average Bonchev–Trinajstić information content (AvgIpc) is 2.14. The fourth-order valence-electron chi connectivity index (χ4n) is 0.308. The first kappa shape index (κ1) is 5.17. The molecule has 0 aromatic rings. The van der Waals surface area contributed by atoms with Crippen LogP contribution in [-0.2, 0) is 11.3 Å². The maximum absolute atomic E-state index is 9.87. The molecule has 0 amide bonds. The average molecular weight is 130 g/mol. The Kier molecular flexibility index (Phi) is 1.21. The smallest absolute Gasteiger partial charge is 0.253 e. The molecule has 1 N–H and O–H groups in total. The number of hydrogen-bond acceptors (Lipinski definition) is 2. The van der Waals surface area contributed by atoms with Crippen LogP contribution in [0.1, 0.15) is 0 Å². The molecule has 0 radical (unpaired) electrons. The van der Waals surface area contributed by atoms with Gasteiger partial charge in [0, 0.05) is 0 Å². The van der Waals surface area contributed by atoms with Gasteiger partial charge in [-0.25, -0.2) is 9.20 Å². The Bertz CT molecular complexity index is 213.